The zero-order valence-corrected chi connectivity index (χ0v) is 9.31. The minimum Gasteiger partial charge on any atom is -0.388 e. The predicted molar refractivity (Wildman–Crippen MR) is 60.1 cm³/mol. The third kappa shape index (κ3) is 2.60. The summed E-state index contributed by atoms with van der Waals surface area (Å²) in [5, 5.41) is 21.0. The van der Waals surface area contributed by atoms with Crippen LogP contribution >= 0.6 is 0 Å². The quantitative estimate of drug-likeness (QED) is 0.797. The summed E-state index contributed by atoms with van der Waals surface area (Å²) in [6.07, 6.45) is 3.82. The Bertz CT molecular complexity index is 458. The molecule has 0 aromatic carbocycles. The molecule has 2 N–H and O–H groups in total. The SMILES string of the molecule is N#Cc1ccc(C(=O)NCC2(O)CCC2)nc1. The molecular formula is C12H13N3O2. The lowest BCUT2D eigenvalue weighted by atomic mass is 9.80. The average molecular weight is 231 g/mol. The average Bonchev–Trinajstić information content (AvgIpc) is 2.33. The molecule has 1 aliphatic rings. The number of amides is 1. The summed E-state index contributed by atoms with van der Waals surface area (Å²) < 4.78 is 0. The molecule has 17 heavy (non-hydrogen) atoms. The molecule has 1 heterocycles. The van der Waals surface area contributed by atoms with Gasteiger partial charge in [0, 0.05) is 12.7 Å². The van der Waals surface area contributed by atoms with E-state index >= 15 is 0 Å². The van der Waals surface area contributed by atoms with Gasteiger partial charge in [0.25, 0.3) is 5.91 Å². The maximum Gasteiger partial charge on any atom is 0.269 e. The lowest BCUT2D eigenvalue weighted by Crippen LogP contribution is -2.47. The Morgan fingerprint density at radius 2 is 2.35 bits per heavy atom. The summed E-state index contributed by atoms with van der Waals surface area (Å²) in [5.41, 5.74) is -0.0616. The maximum atomic E-state index is 11.7. The first-order chi connectivity index (χ1) is 8.13. The number of pyridine rings is 1. The molecule has 5 nitrogen and oxygen atoms in total. The van der Waals surface area contributed by atoms with Gasteiger partial charge < -0.3 is 10.4 Å². The van der Waals surface area contributed by atoms with Crippen LogP contribution in [-0.2, 0) is 0 Å². The highest BCUT2D eigenvalue weighted by Crippen LogP contribution is 2.30. The molecule has 0 unspecified atom stereocenters. The number of aromatic nitrogens is 1. The van der Waals surface area contributed by atoms with Crippen LogP contribution in [0.4, 0.5) is 0 Å². The van der Waals surface area contributed by atoms with E-state index < -0.39 is 5.60 Å². The lowest BCUT2D eigenvalue weighted by Gasteiger charge is -2.36. The molecule has 1 aromatic rings. The Hall–Kier alpha value is -1.93. The summed E-state index contributed by atoms with van der Waals surface area (Å²) >= 11 is 0. The van der Waals surface area contributed by atoms with Gasteiger partial charge in [-0.1, -0.05) is 0 Å². The standard InChI is InChI=1S/C12H13N3O2/c13-6-9-2-3-10(14-7-9)11(16)15-8-12(17)4-1-5-12/h2-3,7,17H,1,4-5,8H2,(H,15,16). The molecule has 0 atom stereocenters. The van der Waals surface area contributed by atoms with Crippen LogP contribution < -0.4 is 5.32 Å². The second-order valence-electron chi connectivity index (χ2n) is 4.30. The Labute approximate surface area is 99.1 Å². The fraction of sp³-hybridized carbons (Fsp3) is 0.417. The number of carbonyl (C=O) groups is 1. The molecule has 0 bridgehead atoms. The molecule has 0 spiro atoms. The smallest absolute Gasteiger partial charge is 0.269 e. The molecule has 2 rings (SSSR count). The van der Waals surface area contributed by atoms with Crippen LogP contribution in [0.3, 0.4) is 0 Å². The van der Waals surface area contributed by atoms with Crippen LogP contribution in [0.1, 0.15) is 35.3 Å². The van der Waals surface area contributed by atoms with Crippen LogP contribution in [0.5, 0.6) is 0 Å². The first-order valence-corrected chi connectivity index (χ1v) is 5.50. The van der Waals surface area contributed by atoms with Crippen molar-refractivity contribution in [3.63, 3.8) is 0 Å². The minimum absolute atomic E-state index is 0.256. The van der Waals surface area contributed by atoms with Gasteiger partial charge in [-0.2, -0.15) is 5.26 Å². The van der Waals surface area contributed by atoms with Gasteiger partial charge in [-0.3, -0.25) is 4.79 Å². The topological polar surface area (TPSA) is 86.0 Å². The van der Waals surface area contributed by atoms with E-state index in [1.54, 1.807) is 6.07 Å². The number of hydrogen-bond donors (Lipinski definition) is 2. The monoisotopic (exact) mass is 231 g/mol. The van der Waals surface area contributed by atoms with E-state index in [1.165, 1.54) is 12.3 Å². The fourth-order valence-corrected chi connectivity index (χ4v) is 1.69. The number of rotatable bonds is 3. The minimum atomic E-state index is -0.734. The zero-order chi connectivity index (χ0) is 12.3. The zero-order valence-electron chi connectivity index (χ0n) is 9.31. The van der Waals surface area contributed by atoms with Gasteiger partial charge in [0.15, 0.2) is 0 Å². The molecule has 1 aliphatic carbocycles. The predicted octanol–water partition coefficient (Wildman–Crippen LogP) is 0.598. The van der Waals surface area contributed by atoms with Crippen molar-refractivity contribution in [2.45, 2.75) is 24.9 Å². The Kier molecular flexibility index (Phi) is 3.07. The van der Waals surface area contributed by atoms with Gasteiger partial charge in [-0.05, 0) is 31.4 Å². The van der Waals surface area contributed by atoms with Crippen molar-refractivity contribution in [2.75, 3.05) is 6.54 Å². The van der Waals surface area contributed by atoms with Gasteiger partial charge in [0.1, 0.15) is 11.8 Å². The lowest BCUT2D eigenvalue weighted by molar-refractivity contribution is -0.0300. The third-order valence-corrected chi connectivity index (χ3v) is 2.99. The van der Waals surface area contributed by atoms with E-state index in [1.807, 2.05) is 6.07 Å². The van der Waals surface area contributed by atoms with Gasteiger partial charge in [-0.25, -0.2) is 4.98 Å². The molecular weight excluding hydrogens is 218 g/mol. The van der Waals surface area contributed by atoms with Gasteiger partial charge in [-0.15, -0.1) is 0 Å². The van der Waals surface area contributed by atoms with E-state index in [-0.39, 0.29) is 18.1 Å². The van der Waals surface area contributed by atoms with Gasteiger partial charge in [0.2, 0.25) is 0 Å². The second kappa shape index (κ2) is 4.52. The Morgan fingerprint density at radius 1 is 1.59 bits per heavy atom. The van der Waals surface area contributed by atoms with Crippen LogP contribution in [0.2, 0.25) is 0 Å². The maximum absolute atomic E-state index is 11.7. The summed E-state index contributed by atoms with van der Waals surface area (Å²) in [7, 11) is 0. The van der Waals surface area contributed by atoms with Gasteiger partial charge >= 0.3 is 0 Å². The van der Waals surface area contributed by atoms with E-state index in [4.69, 9.17) is 5.26 Å². The number of hydrogen-bond acceptors (Lipinski definition) is 4. The first-order valence-electron chi connectivity index (χ1n) is 5.50. The van der Waals surface area contributed by atoms with Crippen molar-refractivity contribution in [3.05, 3.63) is 29.6 Å². The Balaban J connectivity index is 1.93. The van der Waals surface area contributed by atoms with Crippen molar-refractivity contribution in [1.82, 2.24) is 10.3 Å². The third-order valence-electron chi connectivity index (χ3n) is 2.99. The molecule has 88 valence electrons. The second-order valence-corrected chi connectivity index (χ2v) is 4.30. The molecule has 1 aromatic heterocycles. The number of nitriles is 1. The summed E-state index contributed by atoms with van der Waals surface area (Å²) in [5.74, 6) is -0.324. The number of nitrogens with one attached hydrogen (secondary N) is 1. The van der Waals surface area contributed by atoms with E-state index in [0.717, 1.165) is 19.3 Å². The molecule has 1 amide bonds. The highest BCUT2D eigenvalue weighted by molar-refractivity contribution is 5.92. The van der Waals surface area contributed by atoms with E-state index in [0.29, 0.717) is 5.56 Å². The summed E-state index contributed by atoms with van der Waals surface area (Å²) in [6.45, 7) is 0.257. The molecule has 1 saturated carbocycles. The molecule has 0 saturated heterocycles. The summed E-state index contributed by atoms with van der Waals surface area (Å²) in [4.78, 5) is 15.5. The van der Waals surface area contributed by atoms with Crippen molar-refractivity contribution in [3.8, 4) is 6.07 Å². The summed E-state index contributed by atoms with van der Waals surface area (Å²) in [6, 6.07) is 4.97. The molecule has 1 fully saturated rings. The van der Waals surface area contributed by atoms with Crippen molar-refractivity contribution < 1.29 is 9.90 Å². The number of nitrogens with zero attached hydrogens (tertiary/aromatic N) is 2. The Morgan fingerprint density at radius 3 is 2.82 bits per heavy atom. The van der Waals surface area contributed by atoms with Crippen molar-refractivity contribution >= 4 is 5.91 Å². The number of aliphatic hydroxyl groups is 1. The van der Waals surface area contributed by atoms with Crippen molar-refractivity contribution in [1.29, 1.82) is 5.26 Å². The van der Waals surface area contributed by atoms with Crippen LogP contribution in [0.15, 0.2) is 18.3 Å². The first kappa shape index (κ1) is 11.6. The van der Waals surface area contributed by atoms with Crippen LogP contribution in [0, 0.1) is 11.3 Å². The van der Waals surface area contributed by atoms with E-state index in [2.05, 4.69) is 10.3 Å². The normalized spacial score (nSPS) is 16.7. The van der Waals surface area contributed by atoms with Gasteiger partial charge in [0.05, 0.1) is 11.2 Å². The van der Waals surface area contributed by atoms with Crippen molar-refractivity contribution in [2.24, 2.45) is 0 Å². The molecule has 5 heteroatoms. The highest BCUT2D eigenvalue weighted by Gasteiger charge is 2.34. The molecule has 0 aliphatic heterocycles. The van der Waals surface area contributed by atoms with E-state index in [9.17, 15) is 9.90 Å². The number of carbonyl (C=O) groups excluding carboxylic acids is 1. The largest absolute Gasteiger partial charge is 0.388 e. The van der Waals surface area contributed by atoms with Crippen LogP contribution in [-0.4, -0.2) is 28.1 Å². The highest BCUT2D eigenvalue weighted by atomic mass is 16.3. The molecule has 0 radical (unpaired) electrons. The van der Waals surface area contributed by atoms with Crippen LogP contribution in [0.25, 0.3) is 0 Å². The fourth-order valence-electron chi connectivity index (χ4n) is 1.69.